The number of carboxylic acids is 1. The smallest absolute Gasteiger partial charge is 0.550 e. The number of aliphatic hydroxyl groups is 3. The zero-order valence-electron chi connectivity index (χ0n) is 19.8. The number of aliphatic carboxylic acids is 1. The minimum absolute atomic E-state index is 0. The quantitative estimate of drug-likeness (QED) is 0.253. The molecule has 0 saturated carbocycles. The van der Waals surface area contributed by atoms with E-state index in [1.165, 1.54) is 0 Å². The summed E-state index contributed by atoms with van der Waals surface area (Å²) in [6.45, 7) is 5.96. The molecule has 3 N–H and O–H groups in total. The summed E-state index contributed by atoms with van der Waals surface area (Å²) in [6.07, 6.45) is 5.29. The molecule has 0 heterocycles. The van der Waals surface area contributed by atoms with Crippen molar-refractivity contribution in [1.29, 1.82) is 0 Å². The van der Waals surface area contributed by atoms with E-state index in [2.05, 4.69) is 13.0 Å². The topological polar surface area (TPSA) is 127 Å². The van der Waals surface area contributed by atoms with Crippen LogP contribution in [0.4, 0.5) is 0 Å². The van der Waals surface area contributed by atoms with Gasteiger partial charge in [0.25, 0.3) is 0 Å². The van der Waals surface area contributed by atoms with Crippen LogP contribution in [0.1, 0.15) is 65.7 Å². The molecule has 0 aromatic heterocycles. The van der Waals surface area contributed by atoms with Crippen molar-refractivity contribution < 1.29 is 64.3 Å². The van der Waals surface area contributed by atoms with Gasteiger partial charge in [-0.15, -0.1) is 0 Å². The molecule has 0 unspecified atom stereocenters. The van der Waals surface area contributed by atoms with Crippen molar-refractivity contribution in [2.45, 2.75) is 90.1 Å². The van der Waals surface area contributed by atoms with E-state index in [4.69, 9.17) is 4.74 Å². The number of carbonyl (C=O) groups excluding carboxylic acids is 2. The van der Waals surface area contributed by atoms with Gasteiger partial charge in [-0.3, -0.25) is 4.79 Å². The Labute approximate surface area is 213 Å². The van der Waals surface area contributed by atoms with Crippen LogP contribution in [0.25, 0.3) is 0 Å². The minimum atomic E-state index is -1.34. The molecule has 0 bridgehead atoms. The molecule has 32 heavy (non-hydrogen) atoms. The molecule has 0 fully saturated rings. The van der Waals surface area contributed by atoms with E-state index in [1.807, 2.05) is 26.0 Å². The number of hydrogen-bond donors (Lipinski definition) is 3. The van der Waals surface area contributed by atoms with Gasteiger partial charge in [-0.2, -0.15) is 0 Å². The maximum atomic E-state index is 12.6. The molecule has 8 heteroatoms. The van der Waals surface area contributed by atoms with Crippen LogP contribution in [0.5, 0.6) is 0 Å². The van der Waals surface area contributed by atoms with Crippen molar-refractivity contribution in [3.8, 4) is 0 Å². The number of carbonyl (C=O) groups is 2. The normalized spacial score (nSPS) is 29.7. The number of rotatable bonds is 11. The molecule has 0 aliphatic heterocycles. The molecule has 2 aliphatic carbocycles. The Morgan fingerprint density at radius 3 is 2.56 bits per heavy atom. The van der Waals surface area contributed by atoms with E-state index < -0.39 is 36.8 Å². The van der Waals surface area contributed by atoms with Crippen molar-refractivity contribution in [2.24, 2.45) is 23.7 Å². The molecule has 8 atom stereocenters. The zero-order valence-corrected chi connectivity index (χ0v) is 21.8. The fourth-order valence-electron chi connectivity index (χ4n) is 4.90. The van der Waals surface area contributed by atoms with Gasteiger partial charge in [0.05, 0.1) is 24.2 Å². The van der Waals surface area contributed by atoms with E-state index in [1.54, 1.807) is 0 Å². The predicted molar refractivity (Wildman–Crippen MR) is 113 cm³/mol. The van der Waals surface area contributed by atoms with E-state index in [-0.39, 0.29) is 65.6 Å². The Hall–Kier alpha value is -0.700. The molecule has 7 nitrogen and oxygen atoms in total. The third-order valence-electron chi connectivity index (χ3n) is 6.54. The van der Waals surface area contributed by atoms with Crippen LogP contribution >= 0.6 is 0 Å². The first-order valence-electron chi connectivity index (χ1n) is 11.5. The molecule has 0 aromatic rings. The van der Waals surface area contributed by atoms with Crippen LogP contribution in [0, 0.1) is 23.7 Å². The largest absolute Gasteiger partial charge is 1.00 e. The Kier molecular flexibility index (Phi) is 12.7. The van der Waals surface area contributed by atoms with Gasteiger partial charge in [-0.1, -0.05) is 45.4 Å². The summed E-state index contributed by atoms with van der Waals surface area (Å²) in [5.74, 6) is -1.57. The van der Waals surface area contributed by atoms with Gasteiger partial charge in [0.15, 0.2) is 0 Å². The molecule has 0 radical (unpaired) electrons. The maximum absolute atomic E-state index is 12.6. The molecule has 0 saturated heterocycles. The second kappa shape index (κ2) is 13.9. The number of esters is 1. The van der Waals surface area contributed by atoms with E-state index >= 15 is 0 Å². The third-order valence-corrected chi connectivity index (χ3v) is 6.54. The molecular formula is C24H37NaO7. The molecule has 2 rings (SSSR count). The van der Waals surface area contributed by atoms with Crippen LogP contribution < -0.4 is 34.7 Å². The van der Waals surface area contributed by atoms with Gasteiger partial charge < -0.3 is 30.0 Å². The predicted octanol–water partition coefficient (Wildman–Crippen LogP) is -1.50. The van der Waals surface area contributed by atoms with Crippen LogP contribution in [0.2, 0.25) is 0 Å². The van der Waals surface area contributed by atoms with Crippen LogP contribution in [0.3, 0.4) is 0 Å². The summed E-state index contributed by atoms with van der Waals surface area (Å²) in [5.41, 5.74) is 0.953. The third kappa shape index (κ3) is 8.58. The fourth-order valence-corrected chi connectivity index (χ4v) is 4.90. The average Bonchev–Trinajstić information content (AvgIpc) is 2.66. The zero-order chi connectivity index (χ0) is 23.1. The SMILES string of the molecule is CCC[C@H](C)C(=O)O[C@H]1C[C@H](O)C=C2C=C[C@H](C)[C@H](CC[C@@H](O)C[C@@H](O)CC(=O)[O-])[C@H]21.[Na+]. The van der Waals surface area contributed by atoms with Crippen LogP contribution in [-0.2, 0) is 14.3 Å². The van der Waals surface area contributed by atoms with E-state index in [0.717, 1.165) is 18.4 Å². The van der Waals surface area contributed by atoms with Crippen molar-refractivity contribution in [1.82, 2.24) is 0 Å². The Balaban J connectivity index is 0.00000512. The first-order valence-corrected chi connectivity index (χ1v) is 11.5. The summed E-state index contributed by atoms with van der Waals surface area (Å²) in [5, 5.41) is 40.9. The van der Waals surface area contributed by atoms with Gasteiger partial charge in [0.1, 0.15) is 6.10 Å². The molecule has 176 valence electrons. The van der Waals surface area contributed by atoms with Gasteiger partial charge in [0, 0.05) is 24.7 Å². The van der Waals surface area contributed by atoms with Crippen molar-refractivity contribution in [3.05, 3.63) is 23.8 Å². The molecular weight excluding hydrogens is 423 g/mol. The Morgan fingerprint density at radius 2 is 1.94 bits per heavy atom. The van der Waals surface area contributed by atoms with Crippen molar-refractivity contribution in [3.63, 3.8) is 0 Å². The molecule has 2 aliphatic rings. The second-order valence-corrected chi connectivity index (χ2v) is 9.24. The van der Waals surface area contributed by atoms with E-state index in [9.17, 15) is 30.0 Å². The number of fused-ring (bicyclic) bond motifs is 1. The standard InChI is InChI=1S/C24H38O7.Na/c1-4-5-15(3)24(30)31-21-12-18(26)10-16-7-6-14(2)20(23(16)21)9-8-17(25)11-19(27)13-22(28)29;/h6-7,10,14-15,17-21,23,25-27H,4-5,8-9,11-13H2,1-3H3,(H,28,29);/q;+1/p-1/t14-,15-,17+,18+,19+,20-,21-,23-;/m0./s1. The summed E-state index contributed by atoms with van der Waals surface area (Å²) in [4.78, 5) is 23.2. The summed E-state index contributed by atoms with van der Waals surface area (Å²) in [7, 11) is 0. The maximum Gasteiger partial charge on any atom is 1.00 e. The van der Waals surface area contributed by atoms with Crippen LogP contribution in [0.15, 0.2) is 23.8 Å². The van der Waals surface area contributed by atoms with Crippen molar-refractivity contribution in [2.75, 3.05) is 0 Å². The summed E-state index contributed by atoms with van der Waals surface area (Å²) in [6, 6.07) is 0. The van der Waals surface area contributed by atoms with Crippen molar-refractivity contribution >= 4 is 11.9 Å². The number of aliphatic hydroxyl groups excluding tert-OH is 3. The van der Waals surface area contributed by atoms with Gasteiger partial charge in [-0.25, -0.2) is 0 Å². The first-order chi connectivity index (χ1) is 14.6. The second-order valence-electron chi connectivity index (χ2n) is 9.24. The molecule has 0 aromatic carbocycles. The van der Waals surface area contributed by atoms with Gasteiger partial charge in [-0.05, 0) is 43.1 Å². The Morgan fingerprint density at radius 1 is 1.25 bits per heavy atom. The number of hydrogen-bond acceptors (Lipinski definition) is 7. The van der Waals surface area contributed by atoms with Gasteiger partial charge >= 0.3 is 35.5 Å². The van der Waals surface area contributed by atoms with E-state index in [0.29, 0.717) is 19.3 Å². The number of carboxylic acid groups (broad SMARTS) is 1. The summed E-state index contributed by atoms with van der Waals surface area (Å²) >= 11 is 0. The first kappa shape index (κ1) is 29.3. The minimum Gasteiger partial charge on any atom is -0.550 e. The monoisotopic (exact) mass is 460 g/mol. The molecule has 0 spiro atoms. The number of allylic oxidation sites excluding steroid dienone is 2. The molecule has 0 amide bonds. The number of ether oxygens (including phenoxy) is 1. The summed E-state index contributed by atoms with van der Waals surface area (Å²) < 4.78 is 5.89. The fraction of sp³-hybridized carbons (Fsp3) is 0.750. The Bertz CT molecular complexity index is 677. The van der Waals surface area contributed by atoms with Gasteiger partial charge in [0.2, 0.25) is 0 Å². The van der Waals surface area contributed by atoms with Crippen LogP contribution in [-0.4, -0.2) is 51.7 Å². The average molecular weight is 461 g/mol.